The minimum absolute atomic E-state index is 0.290. The summed E-state index contributed by atoms with van der Waals surface area (Å²) in [6.45, 7) is 3.99. The molecular formula is C14H19N5O. The number of methoxy groups -OCH3 is 1. The zero-order chi connectivity index (χ0) is 13.9. The number of aromatic nitrogens is 4. The van der Waals surface area contributed by atoms with Crippen LogP contribution < -0.4 is 10.1 Å². The maximum absolute atomic E-state index is 5.33. The molecule has 0 aromatic carbocycles. The summed E-state index contributed by atoms with van der Waals surface area (Å²) in [5.41, 5.74) is 0.894. The van der Waals surface area contributed by atoms with E-state index in [1.165, 1.54) is 0 Å². The lowest BCUT2D eigenvalue weighted by Gasteiger charge is -2.24. The molecule has 0 saturated heterocycles. The van der Waals surface area contributed by atoms with Gasteiger partial charge in [0.2, 0.25) is 5.88 Å². The minimum atomic E-state index is 0.290. The van der Waals surface area contributed by atoms with Gasteiger partial charge in [-0.15, -0.1) is 10.2 Å². The second kappa shape index (κ2) is 5.58. The molecule has 0 fully saturated rings. The largest absolute Gasteiger partial charge is 0.480 e. The Morgan fingerprint density at radius 2 is 2.35 bits per heavy atom. The quantitative estimate of drug-likeness (QED) is 0.920. The monoisotopic (exact) mass is 273 g/mol. The van der Waals surface area contributed by atoms with Crippen LogP contribution in [0.2, 0.25) is 0 Å². The summed E-state index contributed by atoms with van der Waals surface area (Å²) in [4.78, 5) is 4.24. The lowest BCUT2D eigenvalue weighted by atomic mass is 10.1. The third kappa shape index (κ3) is 2.16. The first-order valence-electron chi connectivity index (χ1n) is 7.01. The molecule has 0 aliphatic carbocycles. The van der Waals surface area contributed by atoms with Gasteiger partial charge in [0.25, 0.3) is 0 Å². The van der Waals surface area contributed by atoms with Crippen LogP contribution >= 0.6 is 0 Å². The van der Waals surface area contributed by atoms with Crippen molar-refractivity contribution < 1.29 is 4.74 Å². The van der Waals surface area contributed by atoms with Gasteiger partial charge in [-0.25, -0.2) is 4.98 Å². The highest BCUT2D eigenvalue weighted by Crippen LogP contribution is 2.30. The number of hydrogen-bond donors (Lipinski definition) is 1. The Labute approximate surface area is 118 Å². The van der Waals surface area contributed by atoms with Crippen LogP contribution in [0.25, 0.3) is 11.4 Å². The van der Waals surface area contributed by atoms with Crippen LogP contribution in [0.3, 0.4) is 0 Å². The topological polar surface area (TPSA) is 64.9 Å². The molecule has 0 radical (unpaired) electrons. The molecule has 0 amide bonds. The first-order chi connectivity index (χ1) is 9.85. The summed E-state index contributed by atoms with van der Waals surface area (Å²) in [5.74, 6) is 2.44. The number of nitrogens with zero attached hydrogens (tertiary/aromatic N) is 4. The van der Waals surface area contributed by atoms with Gasteiger partial charge in [-0.05, 0) is 18.6 Å². The smallest absolute Gasteiger partial charge is 0.224 e. The van der Waals surface area contributed by atoms with Crippen molar-refractivity contribution in [2.75, 3.05) is 13.7 Å². The Hall–Kier alpha value is -1.95. The zero-order valence-corrected chi connectivity index (χ0v) is 11.8. The highest BCUT2D eigenvalue weighted by molar-refractivity contribution is 5.61. The van der Waals surface area contributed by atoms with Gasteiger partial charge in [0.05, 0.1) is 18.7 Å². The maximum atomic E-state index is 5.33. The predicted molar refractivity (Wildman–Crippen MR) is 75.5 cm³/mol. The third-order valence-electron chi connectivity index (χ3n) is 3.60. The van der Waals surface area contributed by atoms with Gasteiger partial charge in [0.15, 0.2) is 11.6 Å². The Balaban J connectivity index is 2.04. The summed E-state index contributed by atoms with van der Waals surface area (Å²) in [6, 6.07) is 4.15. The van der Waals surface area contributed by atoms with Crippen LogP contribution in [0.1, 0.15) is 31.6 Å². The molecule has 2 aromatic heterocycles. The van der Waals surface area contributed by atoms with Gasteiger partial charge in [-0.2, -0.15) is 0 Å². The Kier molecular flexibility index (Phi) is 3.64. The van der Waals surface area contributed by atoms with E-state index in [1.807, 2.05) is 12.1 Å². The molecule has 0 saturated carbocycles. The van der Waals surface area contributed by atoms with E-state index in [-0.39, 0.29) is 6.04 Å². The fourth-order valence-electron chi connectivity index (χ4n) is 2.68. The van der Waals surface area contributed by atoms with Crippen molar-refractivity contribution in [3.8, 4) is 17.3 Å². The summed E-state index contributed by atoms with van der Waals surface area (Å²) in [7, 11) is 1.63. The second-order valence-electron chi connectivity index (χ2n) is 4.89. The molecule has 1 unspecified atom stereocenters. The van der Waals surface area contributed by atoms with Crippen molar-refractivity contribution in [3.05, 3.63) is 24.2 Å². The average molecular weight is 273 g/mol. The normalized spacial score (nSPS) is 17.8. The molecule has 20 heavy (non-hydrogen) atoms. The molecule has 106 valence electrons. The molecule has 6 heteroatoms. The Bertz CT molecular complexity index is 595. The van der Waals surface area contributed by atoms with E-state index in [9.17, 15) is 0 Å². The maximum Gasteiger partial charge on any atom is 0.224 e. The zero-order valence-electron chi connectivity index (χ0n) is 11.8. The van der Waals surface area contributed by atoms with Gasteiger partial charge in [-0.3, -0.25) is 0 Å². The van der Waals surface area contributed by atoms with E-state index in [2.05, 4.69) is 32.0 Å². The van der Waals surface area contributed by atoms with Gasteiger partial charge >= 0.3 is 0 Å². The number of hydrogen-bond acceptors (Lipinski definition) is 5. The molecule has 1 aliphatic rings. The van der Waals surface area contributed by atoms with Crippen molar-refractivity contribution in [2.24, 2.45) is 0 Å². The van der Waals surface area contributed by atoms with Gasteiger partial charge in [0, 0.05) is 19.3 Å². The van der Waals surface area contributed by atoms with E-state index in [4.69, 9.17) is 4.74 Å². The average Bonchev–Trinajstić information content (AvgIpc) is 2.92. The number of nitrogens with one attached hydrogen (secondary N) is 1. The highest BCUT2D eigenvalue weighted by Gasteiger charge is 2.25. The van der Waals surface area contributed by atoms with Crippen molar-refractivity contribution in [2.45, 2.75) is 32.4 Å². The van der Waals surface area contributed by atoms with E-state index in [0.717, 1.165) is 43.1 Å². The molecule has 1 aliphatic heterocycles. The van der Waals surface area contributed by atoms with Gasteiger partial charge in [-0.1, -0.05) is 13.3 Å². The van der Waals surface area contributed by atoms with Crippen molar-refractivity contribution >= 4 is 0 Å². The molecule has 0 spiro atoms. The molecule has 0 bridgehead atoms. The molecule has 6 nitrogen and oxygen atoms in total. The lowest BCUT2D eigenvalue weighted by molar-refractivity contribution is 0.390. The third-order valence-corrected chi connectivity index (χ3v) is 3.60. The molecular weight excluding hydrogens is 254 g/mol. The Morgan fingerprint density at radius 1 is 1.45 bits per heavy atom. The summed E-state index contributed by atoms with van der Waals surface area (Å²) >= 11 is 0. The molecule has 3 rings (SSSR count). The first-order valence-corrected chi connectivity index (χ1v) is 7.01. The van der Waals surface area contributed by atoms with E-state index in [1.54, 1.807) is 13.3 Å². The van der Waals surface area contributed by atoms with Gasteiger partial charge < -0.3 is 14.6 Å². The van der Waals surface area contributed by atoms with Crippen LogP contribution in [-0.2, 0) is 6.54 Å². The van der Waals surface area contributed by atoms with Gasteiger partial charge in [0.1, 0.15) is 0 Å². The highest BCUT2D eigenvalue weighted by atomic mass is 16.5. The molecule has 3 heterocycles. The van der Waals surface area contributed by atoms with Crippen LogP contribution in [0.15, 0.2) is 18.3 Å². The summed E-state index contributed by atoms with van der Waals surface area (Å²) in [5, 5.41) is 12.2. The number of pyridine rings is 1. The second-order valence-corrected chi connectivity index (χ2v) is 4.89. The summed E-state index contributed by atoms with van der Waals surface area (Å²) in [6.07, 6.45) is 3.91. The first kappa shape index (κ1) is 13.1. The number of fused-ring (bicyclic) bond motifs is 1. The van der Waals surface area contributed by atoms with Crippen LogP contribution in [0.4, 0.5) is 0 Å². The minimum Gasteiger partial charge on any atom is -0.480 e. The molecule has 2 aromatic rings. The van der Waals surface area contributed by atoms with E-state index >= 15 is 0 Å². The van der Waals surface area contributed by atoms with E-state index in [0.29, 0.717) is 5.88 Å². The summed E-state index contributed by atoms with van der Waals surface area (Å²) < 4.78 is 7.50. The molecule has 1 N–H and O–H groups in total. The van der Waals surface area contributed by atoms with Crippen LogP contribution in [0, 0.1) is 0 Å². The molecule has 1 atom stereocenters. The Morgan fingerprint density at radius 3 is 3.15 bits per heavy atom. The van der Waals surface area contributed by atoms with Crippen molar-refractivity contribution in [1.29, 1.82) is 0 Å². The standard InChI is InChI=1S/C14H19N5O/c1-3-5-11-13-18-17-12(19(13)9-8-15-11)10-6-4-7-16-14(10)20-2/h4,6-7,11,15H,3,5,8-9H2,1-2H3. The fraction of sp³-hybridized carbons (Fsp3) is 0.500. The van der Waals surface area contributed by atoms with Crippen LogP contribution in [0.5, 0.6) is 5.88 Å². The lowest BCUT2D eigenvalue weighted by Crippen LogP contribution is -2.33. The van der Waals surface area contributed by atoms with Crippen molar-refractivity contribution in [3.63, 3.8) is 0 Å². The fourth-order valence-corrected chi connectivity index (χ4v) is 2.68. The predicted octanol–water partition coefficient (Wildman–Crippen LogP) is 1.79. The van der Waals surface area contributed by atoms with E-state index < -0.39 is 0 Å². The number of rotatable bonds is 4. The van der Waals surface area contributed by atoms with Crippen molar-refractivity contribution in [1.82, 2.24) is 25.1 Å². The SMILES string of the molecule is CCCC1NCCn2c(-c3cccnc3OC)nnc21. The number of ether oxygens (including phenoxy) is 1. The van der Waals surface area contributed by atoms with Crippen LogP contribution in [-0.4, -0.2) is 33.4 Å².